The van der Waals surface area contributed by atoms with E-state index in [1.54, 1.807) is 0 Å². The van der Waals surface area contributed by atoms with Gasteiger partial charge < -0.3 is 16.2 Å². The van der Waals surface area contributed by atoms with Crippen molar-refractivity contribution in [2.45, 2.75) is 25.4 Å². The van der Waals surface area contributed by atoms with Crippen LogP contribution in [0.25, 0.3) is 0 Å². The molecule has 1 fully saturated rings. The molecule has 1 aromatic rings. The number of aliphatic hydroxyl groups excluding tert-OH is 1. The number of aliphatic hydroxyl groups is 1. The van der Waals surface area contributed by atoms with E-state index in [0.717, 1.165) is 19.3 Å². The molecule has 112 valence electrons. The SMILES string of the molecule is Nc1cc(NCC2CCCC2CO)nc(C(F)(F)F)n1. The number of nitrogens with zero attached hydrogens (tertiary/aromatic N) is 2. The quantitative estimate of drug-likeness (QED) is 0.788. The first kappa shape index (κ1) is 14.8. The summed E-state index contributed by atoms with van der Waals surface area (Å²) in [5.41, 5.74) is 5.36. The second-order valence-corrected chi connectivity index (χ2v) is 5.01. The van der Waals surface area contributed by atoms with Gasteiger partial charge in [-0.15, -0.1) is 0 Å². The number of nitrogen functional groups attached to an aromatic ring is 1. The smallest absolute Gasteiger partial charge is 0.396 e. The summed E-state index contributed by atoms with van der Waals surface area (Å²) in [6.07, 6.45) is -1.70. The van der Waals surface area contributed by atoms with Crippen LogP contribution in [0.4, 0.5) is 24.8 Å². The van der Waals surface area contributed by atoms with E-state index in [2.05, 4.69) is 15.3 Å². The summed E-state index contributed by atoms with van der Waals surface area (Å²) < 4.78 is 37.7. The van der Waals surface area contributed by atoms with E-state index in [4.69, 9.17) is 5.73 Å². The lowest BCUT2D eigenvalue weighted by atomic mass is 9.97. The van der Waals surface area contributed by atoms with Gasteiger partial charge in [0.15, 0.2) is 0 Å². The van der Waals surface area contributed by atoms with Gasteiger partial charge in [-0.2, -0.15) is 13.2 Å². The molecule has 0 aromatic carbocycles. The lowest BCUT2D eigenvalue weighted by molar-refractivity contribution is -0.144. The van der Waals surface area contributed by atoms with Crippen LogP contribution < -0.4 is 11.1 Å². The Hall–Kier alpha value is -1.57. The maximum absolute atomic E-state index is 12.6. The summed E-state index contributed by atoms with van der Waals surface area (Å²) in [6, 6.07) is 1.28. The molecule has 0 bridgehead atoms. The highest BCUT2D eigenvalue weighted by atomic mass is 19.4. The van der Waals surface area contributed by atoms with E-state index in [-0.39, 0.29) is 30.1 Å². The highest BCUT2D eigenvalue weighted by Gasteiger charge is 2.35. The molecule has 1 heterocycles. The Kier molecular flexibility index (Phi) is 4.32. The zero-order valence-corrected chi connectivity index (χ0v) is 10.8. The molecule has 2 unspecified atom stereocenters. The molecule has 0 amide bonds. The average Bonchev–Trinajstić information content (AvgIpc) is 2.82. The number of hydrogen-bond donors (Lipinski definition) is 3. The van der Waals surface area contributed by atoms with E-state index >= 15 is 0 Å². The maximum Gasteiger partial charge on any atom is 0.451 e. The first-order valence-corrected chi connectivity index (χ1v) is 6.46. The highest BCUT2D eigenvalue weighted by Crippen LogP contribution is 2.32. The summed E-state index contributed by atoms with van der Waals surface area (Å²) in [5.74, 6) is -0.965. The molecule has 0 spiro atoms. The van der Waals surface area contributed by atoms with Gasteiger partial charge in [0.2, 0.25) is 5.82 Å². The summed E-state index contributed by atoms with van der Waals surface area (Å²) >= 11 is 0. The van der Waals surface area contributed by atoms with E-state index in [1.807, 2.05) is 0 Å². The van der Waals surface area contributed by atoms with Gasteiger partial charge in [0.05, 0.1) is 0 Å². The van der Waals surface area contributed by atoms with Crippen molar-refractivity contribution in [3.8, 4) is 0 Å². The monoisotopic (exact) mass is 290 g/mol. The molecule has 4 N–H and O–H groups in total. The van der Waals surface area contributed by atoms with Crippen LogP contribution in [-0.2, 0) is 6.18 Å². The van der Waals surface area contributed by atoms with Crippen LogP contribution in [-0.4, -0.2) is 28.2 Å². The predicted octanol–water partition coefficient (Wildman–Crippen LogP) is 1.90. The molecule has 1 aliphatic carbocycles. The van der Waals surface area contributed by atoms with Crippen molar-refractivity contribution in [3.05, 3.63) is 11.9 Å². The number of rotatable bonds is 4. The Balaban J connectivity index is 2.04. The molecule has 5 nitrogen and oxygen atoms in total. The minimum absolute atomic E-state index is 0.0633. The molecule has 0 saturated heterocycles. The van der Waals surface area contributed by atoms with Crippen LogP contribution in [0.3, 0.4) is 0 Å². The number of alkyl halides is 3. The van der Waals surface area contributed by atoms with Gasteiger partial charge >= 0.3 is 6.18 Å². The molecule has 0 aliphatic heterocycles. The summed E-state index contributed by atoms with van der Waals surface area (Å²) in [6.45, 7) is 0.574. The van der Waals surface area contributed by atoms with Crippen molar-refractivity contribution < 1.29 is 18.3 Å². The van der Waals surface area contributed by atoms with Gasteiger partial charge in [-0.25, -0.2) is 9.97 Å². The van der Waals surface area contributed by atoms with Gasteiger partial charge in [-0.05, 0) is 24.7 Å². The van der Waals surface area contributed by atoms with E-state index in [0.29, 0.717) is 6.54 Å². The molecule has 1 saturated carbocycles. The van der Waals surface area contributed by atoms with Gasteiger partial charge in [0, 0.05) is 19.2 Å². The summed E-state index contributed by atoms with van der Waals surface area (Å²) in [7, 11) is 0. The third-order valence-corrected chi connectivity index (χ3v) is 3.60. The van der Waals surface area contributed by atoms with Crippen molar-refractivity contribution in [1.29, 1.82) is 0 Å². The van der Waals surface area contributed by atoms with Crippen LogP contribution in [0.5, 0.6) is 0 Å². The number of halogens is 3. The first-order valence-electron chi connectivity index (χ1n) is 6.46. The molecular formula is C12H17F3N4O. The highest BCUT2D eigenvalue weighted by molar-refractivity contribution is 5.45. The van der Waals surface area contributed by atoms with E-state index < -0.39 is 12.0 Å². The molecule has 1 aliphatic rings. The fourth-order valence-electron chi connectivity index (χ4n) is 2.54. The third-order valence-electron chi connectivity index (χ3n) is 3.60. The van der Waals surface area contributed by atoms with Crippen molar-refractivity contribution in [1.82, 2.24) is 9.97 Å². The fourth-order valence-corrected chi connectivity index (χ4v) is 2.54. The van der Waals surface area contributed by atoms with Crippen molar-refractivity contribution in [3.63, 3.8) is 0 Å². The van der Waals surface area contributed by atoms with Gasteiger partial charge in [-0.1, -0.05) is 6.42 Å². The largest absolute Gasteiger partial charge is 0.451 e. The van der Waals surface area contributed by atoms with Crippen LogP contribution in [0, 0.1) is 11.8 Å². The molecule has 2 rings (SSSR count). The zero-order valence-electron chi connectivity index (χ0n) is 10.8. The Labute approximate surface area is 114 Å². The lowest BCUT2D eigenvalue weighted by Gasteiger charge is -2.18. The van der Waals surface area contributed by atoms with E-state index in [9.17, 15) is 18.3 Å². The number of nitrogens with one attached hydrogen (secondary N) is 1. The molecule has 1 aromatic heterocycles. The second-order valence-electron chi connectivity index (χ2n) is 5.01. The minimum Gasteiger partial charge on any atom is -0.396 e. The molecule has 8 heteroatoms. The Morgan fingerprint density at radius 2 is 2.00 bits per heavy atom. The summed E-state index contributed by atoms with van der Waals surface area (Å²) in [5, 5.41) is 12.1. The molecule has 0 radical (unpaired) electrons. The maximum atomic E-state index is 12.6. The Morgan fingerprint density at radius 1 is 1.30 bits per heavy atom. The Bertz CT molecular complexity index is 467. The van der Waals surface area contributed by atoms with Crippen molar-refractivity contribution >= 4 is 11.6 Å². The van der Waals surface area contributed by atoms with Crippen LogP contribution in [0.2, 0.25) is 0 Å². The standard InChI is InChI=1S/C12H17F3N4O/c13-12(14,15)11-18-9(16)4-10(19-11)17-5-7-2-1-3-8(7)6-20/h4,7-8,20H,1-3,5-6H2,(H3,16,17,18,19). The Morgan fingerprint density at radius 3 is 2.65 bits per heavy atom. The predicted molar refractivity (Wildman–Crippen MR) is 67.9 cm³/mol. The first-order chi connectivity index (χ1) is 9.40. The van der Waals surface area contributed by atoms with Crippen molar-refractivity contribution in [2.75, 3.05) is 24.2 Å². The molecule has 20 heavy (non-hydrogen) atoms. The van der Waals surface area contributed by atoms with Crippen LogP contribution >= 0.6 is 0 Å². The fraction of sp³-hybridized carbons (Fsp3) is 0.667. The lowest BCUT2D eigenvalue weighted by Crippen LogP contribution is -2.22. The zero-order chi connectivity index (χ0) is 14.8. The van der Waals surface area contributed by atoms with Gasteiger partial charge in [0.25, 0.3) is 0 Å². The number of hydrogen-bond acceptors (Lipinski definition) is 5. The van der Waals surface area contributed by atoms with Crippen molar-refractivity contribution in [2.24, 2.45) is 11.8 Å². The van der Waals surface area contributed by atoms with Gasteiger partial charge in [0.1, 0.15) is 11.6 Å². The van der Waals surface area contributed by atoms with Crippen LogP contribution in [0.1, 0.15) is 25.1 Å². The van der Waals surface area contributed by atoms with Gasteiger partial charge in [-0.3, -0.25) is 0 Å². The topological polar surface area (TPSA) is 84.1 Å². The molecule has 2 atom stereocenters. The number of nitrogens with two attached hydrogens (primary N) is 1. The third kappa shape index (κ3) is 3.50. The second kappa shape index (κ2) is 5.82. The summed E-state index contributed by atoms with van der Waals surface area (Å²) in [4.78, 5) is 6.60. The number of aromatic nitrogens is 2. The average molecular weight is 290 g/mol. The van der Waals surface area contributed by atoms with Crippen LogP contribution in [0.15, 0.2) is 6.07 Å². The normalized spacial score (nSPS) is 23.0. The molecular weight excluding hydrogens is 273 g/mol. The number of anilines is 2. The minimum atomic E-state index is -4.62. The van der Waals surface area contributed by atoms with E-state index in [1.165, 1.54) is 6.07 Å².